The molecule has 3 aromatic carbocycles. The number of halogens is 1. The summed E-state index contributed by atoms with van der Waals surface area (Å²) in [6.45, 7) is 11.3. The Labute approximate surface area is 236 Å². The molecule has 38 heavy (non-hydrogen) atoms. The number of aryl methyl sites for hydroxylation is 2. The summed E-state index contributed by atoms with van der Waals surface area (Å²) in [6.07, 6.45) is 4.39. The van der Waals surface area contributed by atoms with Gasteiger partial charge in [-0.1, -0.05) is 64.5 Å². The third kappa shape index (κ3) is 5.84. The molecule has 1 amide bonds. The maximum absolute atomic E-state index is 13.4. The van der Waals surface area contributed by atoms with E-state index in [1.165, 1.54) is 11.3 Å². The van der Waals surface area contributed by atoms with Crippen LogP contribution in [0.15, 0.2) is 77.3 Å². The van der Waals surface area contributed by atoms with Crippen LogP contribution in [0.25, 0.3) is 0 Å². The van der Waals surface area contributed by atoms with Gasteiger partial charge in [-0.3, -0.25) is 9.69 Å². The molecule has 0 radical (unpaired) electrons. The number of amides is 1. The first-order valence-corrected chi connectivity index (χ1v) is 14.8. The standard InChI is InChI=1S/C33H40BrN3O/c1-25-8-7-9-26(2)31(25)32(38)35-22-18-33(3,19-23-35)36-20-16-30(17-21-36)37(24-27-10-5-4-6-11-27)29-14-12-28(34)13-15-29/h4-15,30H,16-24H2,1-3H3. The number of piperidine rings is 2. The van der Waals surface area contributed by atoms with Crippen molar-refractivity contribution in [2.75, 3.05) is 31.1 Å². The summed E-state index contributed by atoms with van der Waals surface area (Å²) in [5.41, 5.74) is 5.85. The Balaban J connectivity index is 1.22. The van der Waals surface area contributed by atoms with E-state index in [0.29, 0.717) is 6.04 Å². The molecular weight excluding hydrogens is 534 g/mol. The largest absolute Gasteiger partial charge is 0.364 e. The number of benzene rings is 3. The fourth-order valence-corrected chi connectivity index (χ4v) is 6.64. The van der Waals surface area contributed by atoms with E-state index in [1.807, 2.05) is 32.0 Å². The minimum Gasteiger partial charge on any atom is -0.364 e. The van der Waals surface area contributed by atoms with Gasteiger partial charge in [-0.25, -0.2) is 0 Å². The lowest BCUT2D eigenvalue weighted by atomic mass is 9.85. The summed E-state index contributed by atoms with van der Waals surface area (Å²) in [6, 6.07) is 26.3. The van der Waals surface area contributed by atoms with Crippen LogP contribution in [0.1, 0.15) is 59.7 Å². The Hall–Kier alpha value is -2.63. The van der Waals surface area contributed by atoms with Gasteiger partial charge in [-0.2, -0.15) is 0 Å². The van der Waals surface area contributed by atoms with Gasteiger partial charge in [0.25, 0.3) is 5.91 Å². The molecule has 2 aliphatic heterocycles. The maximum Gasteiger partial charge on any atom is 0.254 e. The van der Waals surface area contributed by atoms with Crippen molar-refractivity contribution in [1.82, 2.24) is 9.80 Å². The highest BCUT2D eigenvalue weighted by atomic mass is 79.9. The minimum absolute atomic E-state index is 0.157. The predicted molar refractivity (Wildman–Crippen MR) is 161 cm³/mol. The third-order valence-corrected chi connectivity index (χ3v) is 9.37. The van der Waals surface area contributed by atoms with E-state index < -0.39 is 0 Å². The van der Waals surface area contributed by atoms with Crippen molar-refractivity contribution in [2.24, 2.45) is 0 Å². The highest BCUT2D eigenvalue weighted by Crippen LogP contribution is 2.34. The van der Waals surface area contributed by atoms with E-state index >= 15 is 0 Å². The van der Waals surface area contributed by atoms with Crippen LogP contribution in [0.4, 0.5) is 5.69 Å². The van der Waals surface area contributed by atoms with E-state index in [0.717, 1.165) is 79.6 Å². The molecule has 2 aliphatic rings. The summed E-state index contributed by atoms with van der Waals surface area (Å²) in [4.78, 5) is 20.8. The number of nitrogens with zero attached hydrogens (tertiary/aromatic N) is 3. The van der Waals surface area contributed by atoms with Gasteiger partial charge >= 0.3 is 0 Å². The third-order valence-electron chi connectivity index (χ3n) is 8.85. The Bertz CT molecular complexity index is 1210. The van der Waals surface area contributed by atoms with Gasteiger partial charge in [0, 0.05) is 60.0 Å². The Morgan fingerprint density at radius 3 is 2.08 bits per heavy atom. The van der Waals surface area contributed by atoms with Gasteiger partial charge < -0.3 is 9.80 Å². The van der Waals surface area contributed by atoms with Gasteiger partial charge in [0.05, 0.1) is 0 Å². The first kappa shape index (κ1) is 27.0. The van der Waals surface area contributed by atoms with Gasteiger partial charge in [0.15, 0.2) is 0 Å². The predicted octanol–water partition coefficient (Wildman–Crippen LogP) is 7.23. The van der Waals surface area contributed by atoms with Crippen molar-refractivity contribution in [1.29, 1.82) is 0 Å². The van der Waals surface area contributed by atoms with Crippen molar-refractivity contribution in [2.45, 2.75) is 64.6 Å². The van der Waals surface area contributed by atoms with E-state index in [9.17, 15) is 4.79 Å². The van der Waals surface area contributed by atoms with Gasteiger partial charge in [0.1, 0.15) is 0 Å². The molecule has 0 aromatic heterocycles. The van der Waals surface area contributed by atoms with Crippen molar-refractivity contribution < 1.29 is 4.79 Å². The molecule has 3 aromatic rings. The zero-order valence-corrected chi connectivity index (χ0v) is 24.6. The molecule has 5 heteroatoms. The van der Waals surface area contributed by atoms with Crippen LogP contribution in [0.3, 0.4) is 0 Å². The van der Waals surface area contributed by atoms with Crippen molar-refractivity contribution >= 4 is 27.5 Å². The van der Waals surface area contributed by atoms with Gasteiger partial charge in [-0.05, 0) is 87.4 Å². The Morgan fingerprint density at radius 2 is 1.47 bits per heavy atom. The summed E-state index contributed by atoms with van der Waals surface area (Å²) >= 11 is 3.60. The second-order valence-corrected chi connectivity index (χ2v) is 12.3. The van der Waals surface area contributed by atoms with E-state index in [2.05, 4.69) is 92.2 Å². The molecule has 0 unspecified atom stereocenters. The summed E-state index contributed by atoms with van der Waals surface area (Å²) in [5.74, 6) is 0.201. The molecule has 2 fully saturated rings. The second kappa shape index (κ2) is 11.6. The zero-order chi connectivity index (χ0) is 26.7. The number of carbonyl (C=O) groups is 1. The molecule has 2 saturated heterocycles. The van der Waals surface area contributed by atoms with E-state index in [-0.39, 0.29) is 11.4 Å². The maximum atomic E-state index is 13.4. The van der Waals surface area contributed by atoms with Crippen LogP contribution in [-0.2, 0) is 6.54 Å². The molecule has 0 N–H and O–H groups in total. The van der Waals surface area contributed by atoms with Crippen LogP contribution in [-0.4, -0.2) is 53.5 Å². The number of hydrogen-bond donors (Lipinski definition) is 0. The molecule has 5 rings (SSSR count). The molecule has 0 spiro atoms. The van der Waals surface area contributed by atoms with Gasteiger partial charge in [-0.15, -0.1) is 0 Å². The smallest absolute Gasteiger partial charge is 0.254 e. The summed E-state index contributed by atoms with van der Waals surface area (Å²) < 4.78 is 1.12. The van der Waals surface area contributed by atoms with Crippen molar-refractivity contribution in [3.63, 3.8) is 0 Å². The fourth-order valence-electron chi connectivity index (χ4n) is 6.38. The van der Waals surface area contributed by atoms with Crippen LogP contribution in [0, 0.1) is 13.8 Å². The number of carbonyl (C=O) groups excluding carboxylic acids is 1. The molecule has 2 heterocycles. The molecule has 0 aliphatic carbocycles. The average molecular weight is 575 g/mol. The topological polar surface area (TPSA) is 26.8 Å². The van der Waals surface area contributed by atoms with Gasteiger partial charge in [0.2, 0.25) is 0 Å². The number of rotatable bonds is 6. The second-order valence-electron chi connectivity index (χ2n) is 11.4. The average Bonchev–Trinajstić information content (AvgIpc) is 2.93. The monoisotopic (exact) mass is 573 g/mol. The van der Waals surface area contributed by atoms with Crippen LogP contribution < -0.4 is 4.90 Å². The highest BCUT2D eigenvalue weighted by Gasteiger charge is 2.39. The molecule has 4 nitrogen and oxygen atoms in total. The van der Waals surface area contributed by atoms with Crippen LogP contribution in [0.5, 0.6) is 0 Å². The molecule has 200 valence electrons. The number of anilines is 1. The first-order valence-electron chi connectivity index (χ1n) is 14.0. The van der Waals surface area contributed by atoms with E-state index in [4.69, 9.17) is 0 Å². The SMILES string of the molecule is Cc1cccc(C)c1C(=O)N1CCC(C)(N2CCC(N(Cc3ccccc3)c3ccc(Br)cc3)CC2)CC1. The van der Waals surface area contributed by atoms with E-state index in [1.54, 1.807) is 0 Å². The minimum atomic E-state index is 0.157. The Kier molecular flexibility index (Phi) is 8.25. The molecular formula is C33H40BrN3O. The summed E-state index contributed by atoms with van der Waals surface area (Å²) in [7, 11) is 0. The highest BCUT2D eigenvalue weighted by molar-refractivity contribution is 9.10. The number of likely N-dealkylation sites (tertiary alicyclic amines) is 2. The lowest BCUT2D eigenvalue weighted by Crippen LogP contribution is -2.58. The lowest BCUT2D eigenvalue weighted by Gasteiger charge is -2.50. The first-order chi connectivity index (χ1) is 18.3. The van der Waals surface area contributed by atoms with Crippen LogP contribution >= 0.6 is 15.9 Å². The Morgan fingerprint density at radius 1 is 0.868 bits per heavy atom. The lowest BCUT2D eigenvalue weighted by molar-refractivity contribution is 0.0170. The molecule has 0 bridgehead atoms. The molecule has 0 saturated carbocycles. The molecule has 0 atom stereocenters. The zero-order valence-electron chi connectivity index (χ0n) is 23.0. The quantitative estimate of drug-likeness (QED) is 0.311. The fraction of sp³-hybridized carbons (Fsp3) is 0.424. The van der Waals surface area contributed by atoms with Crippen molar-refractivity contribution in [3.05, 3.63) is 99.5 Å². The van der Waals surface area contributed by atoms with Crippen LogP contribution in [0.2, 0.25) is 0 Å². The summed E-state index contributed by atoms with van der Waals surface area (Å²) in [5, 5.41) is 0. The normalized spacial score (nSPS) is 18.4. The van der Waals surface area contributed by atoms with Crippen molar-refractivity contribution in [3.8, 4) is 0 Å². The number of hydrogen-bond acceptors (Lipinski definition) is 3.